The standard InChI is InChI=1S/C21H22N4O3S/c1-13-9-10-17(11-14(13)2)19-24-25-21(28-19)29-15(3)18(26)23-20(27)22-12-16-7-5-4-6-8-16/h4-11,15H,12H2,1-3H3,(H2,22,23,26,27)/t15-/m1/s1. The molecule has 0 aliphatic rings. The molecule has 1 atom stereocenters. The highest BCUT2D eigenvalue weighted by Gasteiger charge is 2.20. The number of nitrogens with zero attached hydrogens (tertiary/aromatic N) is 2. The lowest BCUT2D eigenvalue weighted by atomic mass is 10.1. The van der Waals surface area contributed by atoms with E-state index in [1.165, 1.54) is 5.56 Å². The van der Waals surface area contributed by atoms with E-state index < -0.39 is 17.2 Å². The number of urea groups is 1. The quantitative estimate of drug-likeness (QED) is 0.599. The zero-order valence-corrected chi connectivity index (χ0v) is 17.2. The average molecular weight is 410 g/mol. The van der Waals surface area contributed by atoms with E-state index in [-0.39, 0.29) is 5.22 Å². The van der Waals surface area contributed by atoms with Crippen molar-refractivity contribution in [2.75, 3.05) is 0 Å². The molecule has 0 spiro atoms. The molecule has 2 N–H and O–H groups in total. The van der Waals surface area contributed by atoms with Crippen LogP contribution in [-0.4, -0.2) is 27.4 Å². The number of rotatable bonds is 6. The maximum absolute atomic E-state index is 12.2. The average Bonchev–Trinajstić information content (AvgIpc) is 3.17. The van der Waals surface area contributed by atoms with Crippen molar-refractivity contribution < 1.29 is 14.0 Å². The summed E-state index contributed by atoms with van der Waals surface area (Å²) in [7, 11) is 0. The Morgan fingerprint density at radius 2 is 1.83 bits per heavy atom. The first-order valence-electron chi connectivity index (χ1n) is 9.13. The van der Waals surface area contributed by atoms with E-state index in [4.69, 9.17) is 4.42 Å². The minimum atomic E-state index is -0.578. The predicted molar refractivity (Wildman–Crippen MR) is 111 cm³/mol. The Morgan fingerprint density at radius 1 is 1.07 bits per heavy atom. The van der Waals surface area contributed by atoms with Gasteiger partial charge >= 0.3 is 6.03 Å². The molecule has 0 aliphatic heterocycles. The highest BCUT2D eigenvalue weighted by atomic mass is 32.2. The summed E-state index contributed by atoms with van der Waals surface area (Å²) < 4.78 is 5.66. The van der Waals surface area contributed by atoms with Gasteiger partial charge in [-0.15, -0.1) is 10.2 Å². The van der Waals surface area contributed by atoms with Crippen molar-refractivity contribution in [1.29, 1.82) is 0 Å². The largest absolute Gasteiger partial charge is 0.411 e. The van der Waals surface area contributed by atoms with E-state index in [1.807, 2.05) is 62.4 Å². The molecular formula is C21H22N4O3S. The Labute approximate surface area is 173 Å². The third kappa shape index (κ3) is 5.68. The van der Waals surface area contributed by atoms with E-state index in [1.54, 1.807) is 6.92 Å². The van der Waals surface area contributed by atoms with E-state index in [2.05, 4.69) is 20.8 Å². The highest BCUT2D eigenvalue weighted by Crippen LogP contribution is 2.27. The molecule has 0 fully saturated rings. The van der Waals surface area contributed by atoms with Gasteiger partial charge in [0.05, 0.1) is 5.25 Å². The van der Waals surface area contributed by atoms with Crippen molar-refractivity contribution in [3.05, 3.63) is 65.2 Å². The summed E-state index contributed by atoms with van der Waals surface area (Å²) in [5, 5.41) is 12.7. The number of hydrogen-bond acceptors (Lipinski definition) is 6. The number of aromatic nitrogens is 2. The minimum Gasteiger partial charge on any atom is -0.411 e. The number of aryl methyl sites for hydroxylation is 2. The number of imide groups is 1. The van der Waals surface area contributed by atoms with E-state index >= 15 is 0 Å². The molecule has 2 aromatic carbocycles. The molecule has 3 aromatic rings. The first-order chi connectivity index (χ1) is 13.9. The van der Waals surface area contributed by atoms with Crippen LogP contribution in [0, 0.1) is 13.8 Å². The molecule has 3 amide bonds. The van der Waals surface area contributed by atoms with Gasteiger partial charge in [-0.3, -0.25) is 10.1 Å². The van der Waals surface area contributed by atoms with Crippen LogP contribution in [0.2, 0.25) is 0 Å². The molecule has 0 aliphatic carbocycles. The number of benzene rings is 2. The first kappa shape index (κ1) is 20.6. The smallest absolute Gasteiger partial charge is 0.321 e. The molecule has 1 heterocycles. The zero-order chi connectivity index (χ0) is 20.8. The van der Waals surface area contributed by atoms with Crippen LogP contribution in [0.15, 0.2) is 58.2 Å². The Balaban J connectivity index is 1.52. The van der Waals surface area contributed by atoms with Crippen molar-refractivity contribution in [2.24, 2.45) is 0 Å². The zero-order valence-electron chi connectivity index (χ0n) is 16.4. The second-order valence-electron chi connectivity index (χ2n) is 6.59. The number of carbonyl (C=O) groups excluding carboxylic acids is 2. The molecule has 29 heavy (non-hydrogen) atoms. The van der Waals surface area contributed by atoms with E-state index in [9.17, 15) is 9.59 Å². The molecule has 0 radical (unpaired) electrons. The molecule has 7 nitrogen and oxygen atoms in total. The third-order valence-corrected chi connectivity index (χ3v) is 5.27. The monoisotopic (exact) mass is 410 g/mol. The van der Waals surface area contributed by atoms with Crippen molar-refractivity contribution in [3.8, 4) is 11.5 Å². The van der Waals surface area contributed by atoms with Crippen LogP contribution >= 0.6 is 11.8 Å². The van der Waals surface area contributed by atoms with E-state index in [0.29, 0.717) is 12.4 Å². The van der Waals surface area contributed by atoms with Gasteiger partial charge in [-0.05, 0) is 49.6 Å². The van der Waals surface area contributed by atoms with Gasteiger partial charge in [0.25, 0.3) is 5.22 Å². The fraction of sp³-hybridized carbons (Fsp3) is 0.238. The van der Waals surface area contributed by atoms with Crippen molar-refractivity contribution in [3.63, 3.8) is 0 Å². The van der Waals surface area contributed by atoms with Gasteiger partial charge in [0.1, 0.15) is 0 Å². The van der Waals surface area contributed by atoms with Crippen LogP contribution in [-0.2, 0) is 11.3 Å². The second-order valence-corrected chi connectivity index (χ2v) is 7.88. The van der Waals surface area contributed by atoms with Crippen molar-refractivity contribution in [1.82, 2.24) is 20.8 Å². The van der Waals surface area contributed by atoms with Crippen LogP contribution in [0.5, 0.6) is 0 Å². The van der Waals surface area contributed by atoms with Gasteiger partial charge < -0.3 is 9.73 Å². The van der Waals surface area contributed by atoms with Gasteiger partial charge in [-0.25, -0.2) is 4.79 Å². The van der Waals surface area contributed by atoms with Gasteiger partial charge in [-0.2, -0.15) is 0 Å². The lowest BCUT2D eigenvalue weighted by Gasteiger charge is -2.10. The van der Waals surface area contributed by atoms with Crippen LogP contribution in [0.1, 0.15) is 23.6 Å². The summed E-state index contributed by atoms with van der Waals surface area (Å²) in [4.78, 5) is 24.2. The van der Waals surface area contributed by atoms with Gasteiger partial charge in [0, 0.05) is 12.1 Å². The SMILES string of the molecule is Cc1ccc(-c2nnc(S[C@H](C)C(=O)NC(=O)NCc3ccccc3)o2)cc1C. The predicted octanol–water partition coefficient (Wildman–Crippen LogP) is 3.86. The minimum absolute atomic E-state index is 0.269. The first-order valence-corrected chi connectivity index (χ1v) is 10.0. The summed E-state index contributed by atoms with van der Waals surface area (Å²) in [5.74, 6) is -0.0460. The third-order valence-electron chi connectivity index (χ3n) is 4.34. The Morgan fingerprint density at radius 3 is 2.55 bits per heavy atom. The summed E-state index contributed by atoms with van der Waals surface area (Å²) in [5.41, 5.74) is 4.08. The number of hydrogen-bond donors (Lipinski definition) is 2. The molecule has 0 saturated carbocycles. The van der Waals surface area contributed by atoms with E-state index in [0.717, 1.165) is 28.5 Å². The number of thioether (sulfide) groups is 1. The number of nitrogens with one attached hydrogen (secondary N) is 2. The maximum atomic E-state index is 12.2. The lowest BCUT2D eigenvalue weighted by Crippen LogP contribution is -2.42. The molecular weight excluding hydrogens is 388 g/mol. The lowest BCUT2D eigenvalue weighted by molar-refractivity contribution is -0.119. The molecule has 1 aromatic heterocycles. The summed E-state index contributed by atoms with van der Waals surface area (Å²) in [6, 6.07) is 14.8. The normalized spacial score (nSPS) is 11.7. The van der Waals surface area contributed by atoms with Crippen molar-refractivity contribution in [2.45, 2.75) is 37.8 Å². The Kier molecular flexibility index (Phi) is 6.66. The molecule has 0 unspecified atom stereocenters. The van der Waals surface area contributed by atoms with Crippen LogP contribution in [0.25, 0.3) is 11.5 Å². The fourth-order valence-corrected chi connectivity index (χ4v) is 3.17. The van der Waals surface area contributed by atoms with Crippen LogP contribution < -0.4 is 10.6 Å². The Bertz CT molecular complexity index is 1000. The van der Waals surface area contributed by atoms with Crippen molar-refractivity contribution >= 4 is 23.7 Å². The van der Waals surface area contributed by atoms with Gasteiger partial charge in [0.15, 0.2) is 0 Å². The summed E-state index contributed by atoms with van der Waals surface area (Å²) >= 11 is 1.10. The molecule has 0 saturated heterocycles. The molecule has 8 heteroatoms. The molecule has 150 valence electrons. The van der Waals surface area contributed by atoms with Crippen LogP contribution in [0.4, 0.5) is 4.79 Å². The van der Waals surface area contributed by atoms with Gasteiger partial charge in [-0.1, -0.05) is 48.2 Å². The fourth-order valence-electron chi connectivity index (χ4n) is 2.49. The highest BCUT2D eigenvalue weighted by molar-refractivity contribution is 8.00. The molecule has 3 rings (SSSR count). The van der Waals surface area contributed by atoms with Gasteiger partial charge in [0.2, 0.25) is 11.8 Å². The Hall–Kier alpha value is -3.13. The molecule has 0 bridgehead atoms. The topological polar surface area (TPSA) is 97.1 Å². The summed E-state index contributed by atoms with van der Waals surface area (Å²) in [6.07, 6.45) is 0. The summed E-state index contributed by atoms with van der Waals surface area (Å²) in [6.45, 7) is 6.06. The number of carbonyl (C=O) groups is 2. The van der Waals surface area contributed by atoms with Crippen LogP contribution in [0.3, 0.4) is 0 Å². The second kappa shape index (κ2) is 9.38. The number of amides is 3. The maximum Gasteiger partial charge on any atom is 0.321 e.